The van der Waals surface area contributed by atoms with E-state index in [0.717, 1.165) is 31.4 Å². The lowest BCUT2D eigenvalue weighted by Gasteiger charge is -2.28. The number of aromatic amines is 1. The van der Waals surface area contributed by atoms with Crippen molar-refractivity contribution in [3.63, 3.8) is 0 Å². The number of methoxy groups -OCH3 is 1. The molecule has 24 heavy (non-hydrogen) atoms. The molecule has 1 aromatic carbocycles. The van der Waals surface area contributed by atoms with Crippen LogP contribution < -0.4 is 10.1 Å². The first-order valence-electron chi connectivity index (χ1n) is 8.52. The van der Waals surface area contributed by atoms with Gasteiger partial charge in [0, 0.05) is 24.7 Å². The molecule has 0 saturated carbocycles. The molecule has 2 N–H and O–H groups in total. The summed E-state index contributed by atoms with van der Waals surface area (Å²) in [6.07, 6.45) is 3.32. The molecule has 1 aromatic heterocycles. The maximum absolute atomic E-state index is 12.8. The number of benzene rings is 1. The zero-order chi connectivity index (χ0) is 17.1. The van der Waals surface area contributed by atoms with Crippen molar-refractivity contribution < 1.29 is 9.53 Å². The van der Waals surface area contributed by atoms with Gasteiger partial charge in [0.1, 0.15) is 11.3 Å². The van der Waals surface area contributed by atoms with E-state index in [1.165, 1.54) is 6.42 Å². The van der Waals surface area contributed by atoms with Gasteiger partial charge in [-0.1, -0.05) is 11.6 Å². The molecule has 7 nitrogen and oxygen atoms in total. The third-order valence-electron chi connectivity index (χ3n) is 4.66. The van der Waals surface area contributed by atoms with Gasteiger partial charge in [-0.3, -0.25) is 14.8 Å². The highest BCUT2D eigenvalue weighted by Crippen LogP contribution is 2.24. The fourth-order valence-electron chi connectivity index (χ4n) is 3.24. The molecule has 0 radical (unpaired) electrons. The molecule has 1 fully saturated rings. The summed E-state index contributed by atoms with van der Waals surface area (Å²) >= 11 is 0. The highest BCUT2D eigenvalue weighted by atomic mass is 16.5. The SMILES string of the molecule is COc1cc2nn[nH]c2cc1C(=O)NC1CCCCN(C(C)C)C1. The van der Waals surface area contributed by atoms with Gasteiger partial charge in [-0.2, -0.15) is 0 Å². The molecule has 1 unspecified atom stereocenters. The first-order valence-corrected chi connectivity index (χ1v) is 8.52. The first kappa shape index (κ1) is 16.7. The van der Waals surface area contributed by atoms with Crippen molar-refractivity contribution in [2.45, 2.75) is 45.2 Å². The zero-order valence-electron chi connectivity index (χ0n) is 14.5. The van der Waals surface area contributed by atoms with Crippen LogP contribution in [0.5, 0.6) is 5.75 Å². The number of carbonyl (C=O) groups is 1. The summed E-state index contributed by atoms with van der Waals surface area (Å²) in [5.74, 6) is 0.405. The number of fused-ring (bicyclic) bond motifs is 1. The van der Waals surface area contributed by atoms with Gasteiger partial charge in [0.15, 0.2) is 0 Å². The topological polar surface area (TPSA) is 83.1 Å². The molecule has 1 amide bonds. The van der Waals surface area contributed by atoms with Crippen LogP contribution >= 0.6 is 0 Å². The molecule has 1 atom stereocenters. The molecule has 0 aliphatic carbocycles. The standard InChI is InChI=1S/C17H25N5O2/c1-11(2)22-7-5-4-6-12(10-22)18-17(23)13-8-14-15(20-21-19-14)9-16(13)24-3/h8-9,11-12H,4-7,10H2,1-3H3,(H,18,23)(H,19,20,21). The van der Waals surface area contributed by atoms with Gasteiger partial charge in [-0.15, -0.1) is 5.10 Å². The van der Waals surface area contributed by atoms with Gasteiger partial charge in [0.25, 0.3) is 5.91 Å². The predicted molar refractivity (Wildman–Crippen MR) is 92.3 cm³/mol. The number of aromatic nitrogens is 3. The van der Waals surface area contributed by atoms with Crippen molar-refractivity contribution in [1.82, 2.24) is 25.6 Å². The van der Waals surface area contributed by atoms with Crippen LogP contribution in [0.25, 0.3) is 11.0 Å². The van der Waals surface area contributed by atoms with E-state index in [1.807, 2.05) is 0 Å². The Balaban J connectivity index is 1.78. The number of H-pyrrole nitrogens is 1. The molecule has 130 valence electrons. The number of carbonyl (C=O) groups excluding carboxylic acids is 1. The molecule has 1 saturated heterocycles. The van der Waals surface area contributed by atoms with Crippen LogP contribution in [0.4, 0.5) is 0 Å². The zero-order valence-corrected chi connectivity index (χ0v) is 14.5. The highest BCUT2D eigenvalue weighted by molar-refractivity contribution is 6.00. The van der Waals surface area contributed by atoms with E-state index in [-0.39, 0.29) is 11.9 Å². The van der Waals surface area contributed by atoms with Crippen LogP contribution in [0.2, 0.25) is 0 Å². The highest BCUT2D eigenvalue weighted by Gasteiger charge is 2.23. The smallest absolute Gasteiger partial charge is 0.255 e. The van der Waals surface area contributed by atoms with E-state index in [1.54, 1.807) is 19.2 Å². The van der Waals surface area contributed by atoms with E-state index < -0.39 is 0 Å². The van der Waals surface area contributed by atoms with Crippen molar-refractivity contribution >= 4 is 16.9 Å². The molecule has 3 rings (SSSR count). The van der Waals surface area contributed by atoms with Gasteiger partial charge >= 0.3 is 0 Å². The third kappa shape index (κ3) is 3.51. The Morgan fingerprint density at radius 1 is 1.42 bits per heavy atom. The second-order valence-electron chi connectivity index (χ2n) is 6.64. The molecule has 2 aromatic rings. The summed E-state index contributed by atoms with van der Waals surface area (Å²) in [4.78, 5) is 15.2. The quantitative estimate of drug-likeness (QED) is 0.895. The van der Waals surface area contributed by atoms with Crippen molar-refractivity contribution in [2.75, 3.05) is 20.2 Å². The fraction of sp³-hybridized carbons (Fsp3) is 0.588. The number of amides is 1. The third-order valence-corrected chi connectivity index (χ3v) is 4.66. The van der Waals surface area contributed by atoms with Crippen molar-refractivity contribution in [1.29, 1.82) is 0 Å². The molecule has 7 heteroatoms. The van der Waals surface area contributed by atoms with E-state index in [2.05, 4.69) is 39.5 Å². The number of likely N-dealkylation sites (tertiary alicyclic amines) is 1. The Morgan fingerprint density at radius 3 is 3.00 bits per heavy atom. The Morgan fingerprint density at radius 2 is 2.25 bits per heavy atom. The van der Waals surface area contributed by atoms with Crippen molar-refractivity contribution in [2.24, 2.45) is 0 Å². The molecule has 0 spiro atoms. The second-order valence-corrected chi connectivity index (χ2v) is 6.64. The normalized spacial score (nSPS) is 19.4. The minimum absolute atomic E-state index is 0.112. The summed E-state index contributed by atoms with van der Waals surface area (Å²) in [6, 6.07) is 4.13. The van der Waals surface area contributed by atoms with E-state index in [9.17, 15) is 4.79 Å². The number of rotatable bonds is 4. The minimum Gasteiger partial charge on any atom is -0.496 e. The Labute approximate surface area is 141 Å². The van der Waals surface area contributed by atoms with Gasteiger partial charge in [0.05, 0.1) is 18.2 Å². The summed E-state index contributed by atoms with van der Waals surface area (Å²) in [5, 5.41) is 13.7. The molecule has 0 bridgehead atoms. The van der Waals surface area contributed by atoms with E-state index in [0.29, 0.717) is 22.9 Å². The Kier molecular flexibility index (Phi) is 4.99. The number of hydrogen-bond acceptors (Lipinski definition) is 5. The predicted octanol–water partition coefficient (Wildman–Crippen LogP) is 1.96. The lowest BCUT2D eigenvalue weighted by molar-refractivity contribution is 0.0918. The van der Waals surface area contributed by atoms with Gasteiger partial charge in [-0.05, 0) is 39.3 Å². The van der Waals surface area contributed by atoms with Crippen LogP contribution in [0, 0.1) is 0 Å². The largest absolute Gasteiger partial charge is 0.496 e. The summed E-state index contributed by atoms with van der Waals surface area (Å²) < 4.78 is 5.36. The summed E-state index contributed by atoms with van der Waals surface area (Å²) in [6.45, 7) is 6.39. The van der Waals surface area contributed by atoms with Gasteiger partial charge in [-0.25, -0.2) is 0 Å². The maximum atomic E-state index is 12.8. The number of nitrogens with one attached hydrogen (secondary N) is 2. The average molecular weight is 331 g/mol. The molecular weight excluding hydrogens is 306 g/mol. The molecule has 1 aliphatic heterocycles. The van der Waals surface area contributed by atoms with Crippen molar-refractivity contribution in [3.8, 4) is 5.75 Å². The number of nitrogens with zero attached hydrogens (tertiary/aromatic N) is 3. The lowest BCUT2D eigenvalue weighted by Crippen LogP contribution is -2.44. The van der Waals surface area contributed by atoms with Crippen LogP contribution in [0.3, 0.4) is 0 Å². The fourth-order valence-corrected chi connectivity index (χ4v) is 3.24. The molecule has 2 heterocycles. The van der Waals surface area contributed by atoms with Crippen LogP contribution in [-0.2, 0) is 0 Å². The monoisotopic (exact) mass is 331 g/mol. The van der Waals surface area contributed by atoms with Crippen molar-refractivity contribution in [3.05, 3.63) is 17.7 Å². The summed E-state index contributed by atoms with van der Waals surface area (Å²) in [7, 11) is 1.56. The Bertz CT molecular complexity index is 712. The lowest BCUT2D eigenvalue weighted by atomic mass is 10.1. The van der Waals surface area contributed by atoms with Crippen LogP contribution in [0.1, 0.15) is 43.5 Å². The van der Waals surface area contributed by atoms with Gasteiger partial charge < -0.3 is 10.1 Å². The summed E-state index contributed by atoms with van der Waals surface area (Å²) in [5.41, 5.74) is 1.92. The maximum Gasteiger partial charge on any atom is 0.255 e. The Hall–Kier alpha value is -2.15. The van der Waals surface area contributed by atoms with E-state index >= 15 is 0 Å². The first-order chi connectivity index (χ1) is 11.6. The second kappa shape index (κ2) is 7.17. The van der Waals surface area contributed by atoms with Gasteiger partial charge in [0.2, 0.25) is 0 Å². The van der Waals surface area contributed by atoms with Crippen LogP contribution in [-0.4, -0.2) is 58.5 Å². The number of hydrogen-bond donors (Lipinski definition) is 2. The van der Waals surface area contributed by atoms with E-state index in [4.69, 9.17) is 4.74 Å². The molecule has 1 aliphatic rings. The molecular formula is C17H25N5O2. The average Bonchev–Trinajstić information content (AvgIpc) is 2.90. The number of ether oxygens (including phenoxy) is 1. The minimum atomic E-state index is -0.112. The van der Waals surface area contributed by atoms with Crippen LogP contribution in [0.15, 0.2) is 12.1 Å².